The number of hydrogen-bond acceptors (Lipinski definition) is 3. The molecular weight excluding hydrogens is 480 g/mol. The van der Waals surface area contributed by atoms with Crippen LogP contribution in [0.15, 0.2) is 91.0 Å². The molecule has 1 aliphatic heterocycles. The number of nitrogens with zero attached hydrogens (tertiary/aromatic N) is 3. The number of piperidine rings is 1. The highest BCUT2D eigenvalue weighted by Gasteiger charge is 2.27. The fourth-order valence-electron chi connectivity index (χ4n) is 5.38. The normalized spacial score (nSPS) is 16.3. The van der Waals surface area contributed by atoms with Crippen molar-refractivity contribution in [1.29, 1.82) is 0 Å². The number of rotatable bonds is 6. The zero-order chi connectivity index (χ0) is 25.2. The van der Waals surface area contributed by atoms with Gasteiger partial charge in [0.05, 0.1) is 23.5 Å². The van der Waals surface area contributed by atoms with Crippen LogP contribution in [0.2, 0.25) is 5.02 Å². The van der Waals surface area contributed by atoms with E-state index in [2.05, 4.69) is 63.3 Å². The molecular formula is C31H29ClN4O. The van der Waals surface area contributed by atoms with Crippen LogP contribution in [0.4, 0.5) is 5.69 Å². The van der Waals surface area contributed by atoms with E-state index in [1.165, 1.54) is 5.56 Å². The Hall–Kier alpha value is -3.67. The second kappa shape index (κ2) is 10.4. The molecule has 5 nitrogen and oxygen atoms in total. The number of likely N-dealkylation sites (tertiary alicyclic amines) is 1. The molecule has 37 heavy (non-hydrogen) atoms. The average molecular weight is 509 g/mol. The Morgan fingerprint density at radius 3 is 2.59 bits per heavy atom. The summed E-state index contributed by atoms with van der Waals surface area (Å²) < 4.78 is 2.29. The zero-order valence-electron chi connectivity index (χ0n) is 20.6. The van der Waals surface area contributed by atoms with Crippen LogP contribution >= 0.6 is 11.6 Å². The molecule has 0 aliphatic carbocycles. The van der Waals surface area contributed by atoms with Crippen LogP contribution in [0, 0.1) is 5.92 Å². The molecule has 0 unspecified atom stereocenters. The molecule has 0 bridgehead atoms. The number of anilines is 1. The Bertz CT molecular complexity index is 1550. The molecule has 1 aliphatic rings. The maximum atomic E-state index is 13.3. The quantitative estimate of drug-likeness (QED) is 0.276. The summed E-state index contributed by atoms with van der Waals surface area (Å²) in [5, 5.41) is 6.15. The molecule has 0 spiro atoms. The van der Waals surface area contributed by atoms with Crippen molar-refractivity contribution in [1.82, 2.24) is 14.5 Å². The fraction of sp³-hybridized carbons (Fsp3) is 0.226. The number of benzene rings is 4. The highest BCUT2D eigenvalue weighted by atomic mass is 35.5. The number of halogens is 1. The van der Waals surface area contributed by atoms with E-state index in [9.17, 15) is 4.79 Å². The minimum Gasteiger partial charge on any atom is -0.325 e. The summed E-state index contributed by atoms with van der Waals surface area (Å²) in [6, 6.07) is 30.5. The third-order valence-corrected chi connectivity index (χ3v) is 7.53. The van der Waals surface area contributed by atoms with Gasteiger partial charge in [0.2, 0.25) is 5.91 Å². The maximum Gasteiger partial charge on any atom is 0.228 e. The minimum absolute atomic E-state index is 0.0539. The molecule has 0 saturated carbocycles. The lowest BCUT2D eigenvalue weighted by Gasteiger charge is -2.32. The standard InChI is InChI=1S/C31H29ClN4O/c32-25-16-14-22(15-17-25)19-36-29-13-4-3-11-28(29)33-30(36)21-35-18-6-9-24(20-35)31(37)34-27-12-5-8-23-7-1-2-10-26(23)27/h1-5,7-8,10-17,24H,6,9,18-21H2,(H,34,37)/t24-/m1/s1. The predicted molar refractivity (Wildman–Crippen MR) is 151 cm³/mol. The Kier molecular flexibility index (Phi) is 6.64. The average Bonchev–Trinajstić information content (AvgIpc) is 3.27. The highest BCUT2D eigenvalue weighted by Crippen LogP contribution is 2.26. The van der Waals surface area contributed by atoms with Gasteiger partial charge in [-0.1, -0.05) is 72.3 Å². The van der Waals surface area contributed by atoms with E-state index < -0.39 is 0 Å². The summed E-state index contributed by atoms with van der Waals surface area (Å²) in [4.78, 5) is 20.7. The topological polar surface area (TPSA) is 50.2 Å². The molecule has 1 aromatic heterocycles. The first kappa shape index (κ1) is 23.7. The van der Waals surface area contributed by atoms with E-state index in [1.54, 1.807) is 0 Å². The maximum absolute atomic E-state index is 13.3. The minimum atomic E-state index is -0.0539. The second-order valence-corrected chi connectivity index (χ2v) is 10.3. The van der Waals surface area contributed by atoms with E-state index in [0.29, 0.717) is 6.54 Å². The van der Waals surface area contributed by atoms with Crippen molar-refractivity contribution < 1.29 is 4.79 Å². The van der Waals surface area contributed by atoms with Gasteiger partial charge in [0.1, 0.15) is 5.82 Å². The number of aromatic nitrogens is 2. The highest BCUT2D eigenvalue weighted by molar-refractivity contribution is 6.30. The van der Waals surface area contributed by atoms with Crippen molar-refractivity contribution in [2.75, 3.05) is 18.4 Å². The van der Waals surface area contributed by atoms with Gasteiger partial charge in [0, 0.05) is 29.2 Å². The van der Waals surface area contributed by atoms with Gasteiger partial charge in [-0.15, -0.1) is 0 Å². The fourth-order valence-corrected chi connectivity index (χ4v) is 5.50. The van der Waals surface area contributed by atoms with Crippen molar-refractivity contribution in [3.63, 3.8) is 0 Å². The molecule has 4 aromatic carbocycles. The van der Waals surface area contributed by atoms with Gasteiger partial charge in [0.15, 0.2) is 0 Å². The SMILES string of the molecule is O=C(Nc1cccc2ccccc12)[C@@H]1CCCN(Cc2nc3ccccc3n2Cc2ccc(Cl)cc2)C1. The van der Waals surface area contributed by atoms with Crippen LogP contribution in [0.25, 0.3) is 21.8 Å². The molecule has 0 radical (unpaired) electrons. The number of carbonyl (C=O) groups is 1. The van der Waals surface area contributed by atoms with E-state index in [-0.39, 0.29) is 11.8 Å². The smallest absolute Gasteiger partial charge is 0.228 e. The van der Waals surface area contributed by atoms with Gasteiger partial charge in [-0.05, 0) is 60.7 Å². The van der Waals surface area contributed by atoms with Crippen LogP contribution in [0.5, 0.6) is 0 Å². The number of imidazole rings is 1. The summed E-state index contributed by atoms with van der Waals surface area (Å²) in [6.07, 6.45) is 1.89. The number of amides is 1. The molecule has 6 rings (SSSR count). The van der Waals surface area contributed by atoms with Crippen LogP contribution in [0.3, 0.4) is 0 Å². The summed E-state index contributed by atoms with van der Waals surface area (Å²) >= 11 is 6.11. The van der Waals surface area contributed by atoms with Crippen LogP contribution in [0.1, 0.15) is 24.2 Å². The lowest BCUT2D eigenvalue weighted by molar-refractivity contribution is -0.121. The first-order valence-corrected chi connectivity index (χ1v) is 13.2. The Balaban J connectivity index is 1.20. The van der Waals surface area contributed by atoms with E-state index in [1.807, 2.05) is 42.5 Å². The molecule has 186 valence electrons. The van der Waals surface area contributed by atoms with Crippen molar-refractivity contribution in [2.24, 2.45) is 5.92 Å². The first-order valence-electron chi connectivity index (χ1n) is 12.8. The van der Waals surface area contributed by atoms with Crippen molar-refractivity contribution in [3.8, 4) is 0 Å². The third-order valence-electron chi connectivity index (χ3n) is 7.28. The number of carbonyl (C=O) groups excluding carboxylic acids is 1. The largest absolute Gasteiger partial charge is 0.325 e. The van der Waals surface area contributed by atoms with Gasteiger partial charge in [-0.25, -0.2) is 4.98 Å². The summed E-state index contributed by atoms with van der Waals surface area (Å²) in [5.41, 5.74) is 4.17. The van der Waals surface area contributed by atoms with Gasteiger partial charge in [0.25, 0.3) is 0 Å². The summed E-state index contributed by atoms with van der Waals surface area (Å²) in [7, 11) is 0. The zero-order valence-corrected chi connectivity index (χ0v) is 21.4. The summed E-state index contributed by atoms with van der Waals surface area (Å²) in [6.45, 7) is 3.12. The Morgan fingerprint density at radius 1 is 0.919 bits per heavy atom. The van der Waals surface area contributed by atoms with Crippen LogP contribution in [-0.2, 0) is 17.9 Å². The van der Waals surface area contributed by atoms with Gasteiger partial charge >= 0.3 is 0 Å². The number of para-hydroxylation sites is 2. The van der Waals surface area contributed by atoms with Gasteiger partial charge in [-0.2, -0.15) is 0 Å². The summed E-state index contributed by atoms with van der Waals surface area (Å²) in [5.74, 6) is 1.06. The van der Waals surface area contributed by atoms with Gasteiger partial charge in [-0.3, -0.25) is 9.69 Å². The lowest BCUT2D eigenvalue weighted by Crippen LogP contribution is -2.40. The monoisotopic (exact) mass is 508 g/mol. The molecule has 1 atom stereocenters. The Labute approximate surface area is 221 Å². The molecule has 1 fully saturated rings. The molecule has 5 aromatic rings. The molecule has 1 amide bonds. The number of nitrogens with one attached hydrogen (secondary N) is 1. The second-order valence-electron chi connectivity index (χ2n) is 9.82. The van der Waals surface area contributed by atoms with Crippen molar-refractivity contribution in [3.05, 3.63) is 107 Å². The van der Waals surface area contributed by atoms with Crippen LogP contribution in [-0.4, -0.2) is 33.4 Å². The molecule has 6 heteroatoms. The third kappa shape index (κ3) is 5.10. The van der Waals surface area contributed by atoms with E-state index >= 15 is 0 Å². The van der Waals surface area contributed by atoms with Crippen molar-refractivity contribution in [2.45, 2.75) is 25.9 Å². The van der Waals surface area contributed by atoms with Crippen molar-refractivity contribution >= 4 is 45.0 Å². The molecule has 1 N–H and O–H groups in total. The first-order chi connectivity index (χ1) is 18.1. The van der Waals surface area contributed by atoms with Gasteiger partial charge < -0.3 is 9.88 Å². The Morgan fingerprint density at radius 2 is 1.70 bits per heavy atom. The lowest BCUT2D eigenvalue weighted by atomic mass is 9.96. The van der Waals surface area contributed by atoms with E-state index in [0.717, 1.165) is 70.8 Å². The number of fused-ring (bicyclic) bond motifs is 2. The molecule has 2 heterocycles. The predicted octanol–water partition coefficient (Wildman–Crippen LogP) is 6.74. The number of hydrogen-bond donors (Lipinski definition) is 1. The van der Waals surface area contributed by atoms with E-state index in [4.69, 9.17) is 16.6 Å². The van der Waals surface area contributed by atoms with Crippen LogP contribution < -0.4 is 5.32 Å². The molecule has 1 saturated heterocycles.